The van der Waals surface area contributed by atoms with E-state index in [0.29, 0.717) is 11.8 Å². The zero-order valence-electron chi connectivity index (χ0n) is 8.87. The molecular formula is C10H16ClN3O. The van der Waals surface area contributed by atoms with Gasteiger partial charge >= 0.3 is 0 Å². The second-order valence-electron chi connectivity index (χ2n) is 3.12. The molecule has 84 valence electrons. The molecule has 1 aromatic heterocycles. The number of rotatable bonds is 7. The number of hydrogen-bond donors (Lipinski definition) is 1. The third-order valence-electron chi connectivity index (χ3n) is 1.83. The topological polar surface area (TPSA) is 47.0 Å². The number of ether oxygens (including phenoxy) is 1. The number of unbranched alkanes of at least 4 members (excludes halogenated alkanes) is 1. The Balaban J connectivity index is 2.10. The third-order valence-corrected chi connectivity index (χ3v) is 2.04. The molecule has 15 heavy (non-hydrogen) atoms. The van der Waals surface area contributed by atoms with E-state index in [9.17, 15) is 0 Å². The fourth-order valence-electron chi connectivity index (χ4n) is 1.03. The van der Waals surface area contributed by atoms with Crippen molar-refractivity contribution in [2.45, 2.75) is 19.8 Å². The van der Waals surface area contributed by atoms with Crippen LogP contribution in [0.3, 0.4) is 0 Å². The van der Waals surface area contributed by atoms with Gasteiger partial charge in [-0.1, -0.05) is 24.9 Å². The van der Waals surface area contributed by atoms with Crippen LogP contribution in [0.5, 0.6) is 0 Å². The Bertz CT molecular complexity index is 283. The van der Waals surface area contributed by atoms with Gasteiger partial charge in [-0.2, -0.15) is 0 Å². The van der Waals surface area contributed by atoms with Crippen molar-refractivity contribution in [1.82, 2.24) is 9.97 Å². The van der Waals surface area contributed by atoms with E-state index in [1.54, 1.807) is 6.07 Å². The molecule has 1 rings (SSSR count). The van der Waals surface area contributed by atoms with Crippen LogP contribution in [0.25, 0.3) is 0 Å². The Kier molecular flexibility index (Phi) is 6.04. The van der Waals surface area contributed by atoms with E-state index in [0.717, 1.165) is 31.8 Å². The van der Waals surface area contributed by atoms with Gasteiger partial charge in [-0.25, -0.2) is 9.97 Å². The SMILES string of the molecule is CCCCOCCNc1cc(Cl)ncn1. The van der Waals surface area contributed by atoms with Gasteiger partial charge in [0, 0.05) is 19.2 Å². The Morgan fingerprint density at radius 2 is 2.27 bits per heavy atom. The summed E-state index contributed by atoms with van der Waals surface area (Å²) in [6.45, 7) is 4.38. The largest absolute Gasteiger partial charge is 0.380 e. The number of anilines is 1. The highest BCUT2D eigenvalue weighted by Gasteiger charge is 1.95. The van der Waals surface area contributed by atoms with Gasteiger partial charge in [-0.3, -0.25) is 0 Å². The first-order valence-corrected chi connectivity index (χ1v) is 5.50. The molecular weight excluding hydrogens is 214 g/mol. The molecule has 5 heteroatoms. The van der Waals surface area contributed by atoms with Crippen molar-refractivity contribution in [3.05, 3.63) is 17.5 Å². The van der Waals surface area contributed by atoms with E-state index >= 15 is 0 Å². The first-order chi connectivity index (χ1) is 7.33. The van der Waals surface area contributed by atoms with Crippen LogP contribution in [0.1, 0.15) is 19.8 Å². The van der Waals surface area contributed by atoms with Gasteiger partial charge in [0.05, 0.1) is 6.61 Å². The third kappa shape index (κ3) is 5.54. The van der Waals surface area contributed by atoms with Crippen LogP contribution >= 0.6 is 11.6 Å². The summed E-state index contributed by atoms with van der Waals surface area (Å²) in [6, 6.07) is 1.69. The van der Waals surface area contributed by atoms with Gasteiger partial charge in [-0.05, 0) is 6.42 Å². The van der Waals surface area contributed by atoms with E-state index in [-0.39, 0.29) is 0 Å². The average Bonchev–Trinajstić information content (AvgIpc) is 2.23. The van der Waals surface area contributed by atoms with Crippen molar-refractivity contribution in [2.24, 2.45) is 0 Å². The lowest BCUT2D eigenvalue weighted by Crippen LogP contribution is -2.10. The van der Waals surface area contributed by atoms with Crippen molar-refractivity contribution in [2.75, 3.05) is 25.1 Å². The molecule has 0 saturated carbocycles. The van der Waals surface area contributed by atoms with Gasteiger partial charge in [0.15, 0.2) is 0 Å². The minimum atomic E-state index is 0.444. The molecule has 4 nitrogen and oxygen atoms in total. The fourth-order valence-corrected chi connectivity index (χ4v) is 1.18. The monoisotopic (exact) mass is 229 g/mol. The van der Waals surface area contributed by atoms with Crippen LogP contribution in [-0.2, 0) is 4.74 Å². The maximum Gasteiger partial charge on any atom is 0.134 e. The second kappa shape index (κ2) is 7.43. The molecule has 0 fully saturated rings. The maximum atomic E-state index is 5.70. The predicted octanol–water partition coefficient (Wildman–Crippen LogP) is 2.36. The smallest absolute Gasteiger partial charge is 0.134 e. The van der Waals surface area contributed by atoms with Crippen molar-refractivity contribution in [1.29, 1.82) is 0 Å². The summed E-state index contributed by atoms with van der Waals surface area (Å²) in [5.41, 5.74) is 0. The molecule has 1 N–H and O–H groups in total. The zero-order valence-corrected chi connectivity index (χ0v) is 9.63. The fraction of sp³-hybridized carbons (Fsp3) is 0.600. The highest BCUT2D eigenvalue weighted by molar-refractivity contribution is 6.29. The molecule has 1 heterocycles. The highest BCUT2D eigenvalue weighted by Crippen LogP contribution is 2.07. The first-order valence-electron chi connectivity index (χ1n) is 5.12. The lowest BCUT2D eigenvalue weighted by Gasteiger charge is -2.05. The molecule has 0 radical (unpaired) electrons. The molecule has 0 aliphatic heterocycles. The second-order valence-corrected chi connectivity index (χ2v) is 3.51. The molecule has 0 aromatic carbocycles. The lowest BCUT2D eigenvalue weighted by atomic mass is 10.4. The summed E-state index contributed by atoms with van der Waals surface area (Å²) in [4.78, 5) is 7.80. The van der Waals surface area contributed by atoms with Crippen molar-refractivity contribution >= 4 is 17.4 Å². The van der Waals surface area contributed by atoms with E-state index in [2.05, 4.69) is 22.2 Å². The zero-order chi connectivity index (χ0) is 10.9. The van der Waals surface area contributed by atoms with E-state index in [1.807, 2.05) is 0 Å². The standard InChI is InChI=1S/C10H16ClN3O/c1-2-3-5-15-6-4-12-10-7-9(11)13-8-14-10/h7-8H,2-6H2,1H3,(H,12,13,14). The molecule has 1 aromatic rings. The molecule has 0 spiro atoms. The van der Waals surface area contributed by atoms with Crippen molar-refractivity contribution in [3.8, 4) is 0 Å². The minimum absolute atomic E-state index is 0.444. The summed E-state index contributed by atoms with van der Waals surface area (Å²) in [5, 5.41) is 3.55. The molecule has 0 atom stereocenters. The molecule has 0 amide bonds. The summed E-state index contributed by atoms with van der Waals surface area (Å²) >= 11 is 5.70. The van der Waals surface area contributed by atoms with E-state index in [4.69, 9.17) is 16.3 Å². The summed E-state index contributed by atoms with van der Waals surface area (Å²) in [6.07, 6.45) is 3.71. The highest BCUT2D eigenvalue weighted by atomic mass is 35.5. The Labute approximate surface area is 95.0 Å². The molecule has 0 aliphatic rings. The quantitative estimate of drug-likeness (QED) is 0.576. The number of nitrogens with one attached hydrogen (secondary N) is 1. The molecule has 0 aliphatic carbocycles. The van der Waals surface area contributed by atoms with Crippen LogP contribution in [0, 0.1) is 0 Å². The van der Waals surface area contributed by atoms with Crippen LogP contribution in [-0.4, -0.2) is 29.7 Å². The van der Waals surface area contributed by atoms with Crippen molar-refractivity contribution in [3.63, 3.8) is 0 Å². The Morgan fingerprint density at radius 3 is 3.00 bits per heavy atom. The number of aromatic nitrogens is 2. The van der Waals surface area contributed by atoms with Crippen LogP contribution in [0.2, 0.25) is 5.15 Å². The molecule has 0 bridgehead atoms. The Morgan fingerprint density at radius 1 is 1.40 bits per heavy atom. The normalized spacial score (nSPS) is 10.3. The number of nitrogens with zero attached hydrogens (tertiary/aromatic N) is 2. The van der Waals surface area contributed by atoms with Gasteiger partial charge in [0.2, 0.25) is 0 Å². The number of hydrogen-bond acceptors (Lipinski definition) is 4. The summed E-state index contributed by atoms with van der Waals surface area (Å²) in [7, 11) is 0. The van der Waals surface area contributed by atoms with Crippen molar-refractivity contribution < 1.29 is 4.74 Å². The van der Waals surface area contributed by atoms with Gasteiger partial charge in [0.25, 0.3) is 0 Å². The van der Waals surface area contributed by atoms with Gasteiger partial charge < -0.3 is 10.1 Å². The molecule has 0 saturated heterocycles. The van der Waals surface area contributed by atoms with Gasteiger partial charge in [0.1, 0.15) is 17.3 Å². The molecule has 0 unspecified atom stereocenters. The van der Waals surface area contributed by atoms with Crippen LogP contribution in [0.15, 0.2) is 12.4 Å². The van der Waals surface area contributed by atoms with Crippen LogP contribution in [0.4, 0.5) is 5.82 Å². The van der Waals surface area contributed by atoms with E-state index < -0.39 is 0 Å². The number of halogens is 1. The maximum absolute atomic E-state index is 5.70. The summed E-state index contributed by atoms with van der Waals surface area (Å²) in [5.74, 6) is 0.731. The first kappa shape index (κ1) is 12.2. The summed E-state index contributed by atoms with van der Waals surface area (Å²) < 4.78 is 5.39. The Hall–Kier alpha value is -0.870. The van der Waals surface area contributed by atoms with E-state index in [1.165, 1.54) is 6.33 Å². The average molecular weight is 230 g/mol. The lowest BCUT2D eigenvalue weighted by molar-refractivity contribution is 0.141. The van der Waals surface area contributed by atoms with Crippen LogP contribution < -0.4 is 5.32 Å². The predicted molar refractivity (Wildman–Crippen MR) is 61.3 cm³/mol. The van der Waals surface area contributed by atoms with Gasteiger partial charge in [-0.15, -0.1) is 0 Å². The minimum Gasteiger partial charge on any atom is -0.380 e.